The van der Waals surface area contributed by atoms with Gasteiger partial charge < -0.3 is 15.0 Å². The highest BCUT2D eigenvalue weighted by atomic mass is 16.5. The summed E-state index contributed by atoms with van der Waals surface area (Å²) in [5.74, 6) is 0.735. The number of benzene rings is 1. The van der Waals surface area contributed by atoms with E-state index in [-0.39, 0.29) is 18.0 Å². The molecule has 0 aliphatic carbocycles. The molecule has 24 heavy (non-hydrogen) atoms. The number of anilines is 1. The summed E-state index contributed by atoms with van der Waals surface area (Å²) in [5.41, 5.74) is 1.13. The first-order chi connectivity index (χ1) is 11.6. The number of amides is 3. The number of rotatable bonds is 4. The van der Waals surface area contributed by atoms with Gasteiger partial charge in [-0.25, -0.2) is 4.79 Å². The predicted octanol–water partition coefficient (Wildman–Crippen LogP) is 0.758. The lowest BCUT2D eigenvalue weighted by Gasteiger charge is -2.39. The van der Waals surface area contributed by atoms with Crippen LogP contribution < -0.4 is 15.0 Å². The molecule has 0 saturated carbocycles. The van der Waals surface area contributed by atoms with Gasteiger partial charge in [0.1, 0.15) is 5.75 Å². The van der Waals surface area contributed by atoms with Crippen LogP contribution in [-0.2, 0) is 4.79 Å². The molecular weight excluding hydrogens is 308 g/mol. The lowest BCUT2D eigenvalue weighted by atomic mass is 10.2. The van der Waals surface area contributed by atoms with Crippen molar-refractivity contribution >= 4 is 17.6 Å². The lowest BCUT2D eigenvalue weighted by molar-refractivity contribution is -0.132. The Kier molecular flexibility index (Phi) is 4.89. The van der Waals surface area contributed by atoms with E-state index in [2.05, 4.69) is 21.2 Å². The predicted molar refractivity (Wildman–Crippen MR) is 91.4 cm³/mol. The summed E-state index contributed by atoms with van der Waals surface area (Å²) in [7, 11) is 1.67. The van der Waals surface area contributed by atoms with E-state index in [1.807, 2.05) is 25.1 Å². The average Bonchev–Trinajstić information content (AvgIpc) is 3.06. The van der Waals surface area contributed by atoms with Crippen LogP contribution in [0.25, 0.3) is 0 Å². The topological polar surface area (TPSA) is 65.1 Å². The number of hydrogen-bond donors (Lipinski definition) is 1. The third kappa shape index (κ3) is 3.31. The molecular formula is C17H24N4O3. The number of piperazine rings is 1. The minimum atomic E-state index is -0.277. The Morgan fingerprint density at radius 1 is 1.21 bits per heavy atom. The first-order valence-corrected chi connectivity index (χ1v) is 8.32. The number of nitrogens with one attached hydrogen (secondary N) is 1. The summed E-state index contributed by atoms with van der Waals surface area (Å²) < 4.78 is 5.28. The van der Waals surface area contributed by atoms with E-state index in [9.17, 15) is 9.59 Å². The standard InChI is InChI=1S/C17H24N4O3/c1-13(16(22)21-7-6-18-17(21)23)19-8-10-20(11-9-19)14-4-3-5-15(12-14)24-2/h3-5,12-13H,6-11H2,1-2H3,(H,18,23)/t13-/m0/s1. The Labute approximate surface area is 142 Å². The Bertz CT molecular complexity index is 614. The van der Waals surface area contributed by atoms with Crippen molar-refractivity contribution in [3.05, 3.63) is 24.3 Å². The minimum Gasteiger partial charge on any atom is -0.497 e. The SMILES string of the molecule is COc1cccc(N2CCN([C@@H](C)C(=O)N3CCNC3=O)CC2)c1. The minimum absolute atomic E-state index is 0.111. The van der Waals surface area contributed by atoms with Gasteiger partial charge in [0.15, 0.2) is 0 Å². The van der Waals surface area contributed by atoms with E-state index < -0.39 is 0 Å². The second kappa shape index (κ2) is 7.09. The van der Waals surface area contributed by atoms with Crippen molar-refractivity contribution in [1.82, 2.24) is 15.1 Å². The molecule has 2 fully saturated rings. The molecule has 1 N–H and O–H groups in total. The van der Waals surface area contributed by atoms with Crippen molar-refractivity contribution in [3.8, 4) is 5.75 Å². The van der Waals surface area contributed by atoms with Crippen molar-refractivity contribution in [1.29, 1.82) is 0 Å². The largest absolute Gasteiger partial charge is 0.497 e. The molecule has 2 heterocycles. The average molecular weight is 332 g/mol. The number of carbonyl (C=O) groups excluding carboxylic acids is 2. The monoisotopic (exact) mass is 332 g/mol. The zero-order valence-corrected chi connectivity index (χ0v) is 14.2. The molecule has 0 unspecified atom stereocenters. The van der Waals surface area contributed by atoms with Crippen molar-refractivity contribution < 1.29 is 14.3 Å². The summed E-state index contributed by atoms with van der Waals surface area (Å²) in [6.07, 6.45) is 0. The van der Waals surface area contributed by atoms with Gasteiger partial charge in [0.2, 0.25) is 5.91 Å². The summed E-state index contributed by atoms with van der Waals surface area (Å²) in [6.45, 7) is 6.16. The second-order valence-electron chi connectivity index (χ2n) is 6.12. The normalized spacial score (nSPS) is 20.0. The van der Waals surface area contributed by atoms with Gasteiger partial charge in [0.25, 0.3) is 0 Å². The molecule has 7 nitrogen and oxygen atoms in total. The van der Waals surface area contributed by atoms with Crippen LogP contribution in [0.4, 0.5) is 10.5 Å². The summed E-state index contributed by atoms with van der Waals surface area (Å²) in [5, 5.41) is 2.68. The van der Waals surface area contributed by atoms with Gasteiger partial charge in [-0.05, 0) is 19.1 Å². The van der Waals surface area contributed by atoms with E-state index in [0.29, 0.717) is 13.1 Å². The third-order valence-electron chi connectivity index (χ3n) is 4.76. The maximum atomic E-state index is 12.5. The van der Waals surface area contributed by atoms with Crippen LogP contribution in [0.3, 0.4) is 0 Å². The van der Waals surface area contributed by atoms with Crippen LogP contribution >= 0.6 is 0 Å². The number of ether oxygens (including phenoxy) is 1. The van der Waals surface area contributed by atoms with Crippen molar-refractivity contribution in [2.75, 3.05) is 51.3 Å². The fourth-order valence-electron chi connectivity index (χ4n) is 3.24. The van der Waals surface area contributed by atoms with Crippen LogP contribution in [0.2, 0.25) is 0 Å². The van der Waals surface area contributed by atoms with E-state index in [0.717, 1.165) is 37.6 Å². The van der Waals surface area contributed by atoms with E-state index >= 15 is 0 Å². The molecule has 7 heteroatoms. The zero-order chi connectivity index (χ0) is 17.1. The molecule has 0 spiro atoms. The smallest absolute Gasteiger partial charge is 0.324 e. The van der Waals surface area contributed by atoms with Gasteiger partial charge >= 0.3 is 6.03 Å². The fraction of sp³-hybridized carbons (Fsp3) is 0.529. The second-order valence-corrected chi connectivity index (χ2v) is 6.12. The number of imide groups is 1. The van der Waals surface area contributed by atoms with Crippen molar-refractivity contribution in [2.24, 2.45) is 0 Å². The Morgan fingerprint density at radius 2 is 1.96 bits per heavy atom. The molecule has 3 rings (SSSR count). The molecule has 3 amide bonds. The van der Waals surface area contributed by atoms with Gasteiger partial charge in [0.05, 0.1) is 13.2 Å². The van der Waals surface area contributed by atoms with Crippen LogP contribution in [-0.4, -0.2) is 74.2 Å². The van der Waals surface area contributed by atoms with Gasteiger partial charge in [-0.2, -0.15) is 0 Å². The number of carbonyl (C=O) groups is 2. The van der Waals surface area contributed by atoms with Crippen molar-refractivity contribution in [3.63, 3.8) is 0 Å². The molecule has 1 atom stereocenters. The summed E-state index contributed by atoms with van der Waals surface area (Å²) in [4.78, 5) is 29.9. The van der Waals surface area contributed by atoms with Gasteiger partial charge in [-0.3, -0.25) is 14.6 Å². The highest BCUT2D eigenvalue weighted by Crippen LogP contribution is 2.22. The molecule has 1 aromatic carbocycles. The van der Waals surface area contributed by atoms with Crippen LogP contribution in [0.15, 0.2) is 24.3 Å². The number of methoxy groups -OCH3 is 1. The maximum absolute atomic E-state index is 12.5. The van der Waals surface area contributed by atoms with E-state index in [1.54, 1.807) is 7.11 Å². The highest BCUT2D eigenvalue weighted by Gasteiger charge is 2.33. The first-order valence-electron chi connectivity index (χ1n) is 8.32. The Balaban J connectivity index is 1.58. The molecule has 0 aromatic heterocycles. The Hall–Kier alpha value is -2.28. The molecule has 2 aliphatic heterocycles. The van der Waals surface area contributed by atoms with Crippen molar-refractivity contribution in [2.45, 2.75) is 13.0 Å². The molecule has 0 radical (unpaired) electrons. The van der Waals surface area contributed by atoms with Crippen LogP contribution in [0.1, 0.15) is 6.92 Å². The van der Waals surface area contributed by atoms with Gasteiger partial charge in [0, 0.05) is 51.0 Å². The van der Waals surface area contributed by atoms with Crippen LogP contribution in [0, 0.1) is 0 Å². The molecule has 0 bridgehead atoms. The lowest BCUT2D eigenvalue weighted by Crippen LogP contribution is -2.55. The highest BCUT2D eigenvalue weighted by molar-refractivity contribution is 5.98. The molecule has 2 aliphatic rings. The zero-order valence-electron chi connectivity index (χ0n) is 14.2. The Morgan fingerprint density at radius 3 is 2.58 bits per heavy atom. The maximum Gasteiger partial charge on any atom is 0.324 e. The van der Waals surface area contributed by atoms with Gasteiger partial charge in [-0.1, -0.05) is 6.07 Å². The van der Waals surface area contributed by atoms with Gasteiger partial charge in [-0.15, -0.1) is 0 Å². The summed E-state index contributed by atoms with van der Waals surface area (Å²) >= 11 is 0. The number of nitrogens with zero attached hydrogens (tertiary/aromatic N) is 3. The molecule has 2 saturated heterocycles. The summed E-state index contributed by atoms with van der Waals surface area (Å²) in [6, 6.07) is 7.46. The van der Waals surface area contributed by atoms with E-state index in [4.69, 9.17) is 4.74 Å². The first kappa shape index (κ1) is 16.6. The molecule has 1 aromatic rings. The number of urea groups is 1. The van der Waals surface area contributed by atoms with E-state index in [1.165, 1.54) is 4.90 Å². The quantitative estimate of drug-likeness (QED) is 0.882. The number of hydrogen-bond acceptors (Lipinski definition) is 5. The third-order valence-corrected chi connectivity index (χ3v) is 4.76. The van der Waals surface area contributed by atoms with Crippen LogP contribution in [0.5, 0.6) is 5.75 Å². The molecule has 130 valence electrons. The fourth-order valence-corrected chi connectivity index (χ4v) is 3.24.